The molecule has 5 aromatic rings. The van der Waals surface area contributed by atoms with Gasteiger partial charge in [0.15, 0.2) is 0 Å². The number of hydrogen-bond acceptors (Lipinski definition) is 4. The van der Waals surface area contributed by atoms with E-state index in [2.05, 4.69) is 25.7 Å². The highest BCUT2D eigenvalue weighted by atomic mass is 35.5. The van der Waals surface area contributed by atoms with E-state index in [0.29, 0.717) is 28.8 Å². The molecule has 0 spiro atoms. The summed E-state index contributed by atoms with van der Waals surface area (Å²) in [6.45, 7) is 0.353. The minimum absolute atomic E-state index is 0.300. The number of nitrogens with zero attached hydrogens (tertiary/aromatic N) is 2. The van der Waals surface area contributed by atoms with Gasteiger partial charge in [-0.1, -0.05) is 60.1 Å². The third-order valence-corrected chi connectivity index (χ3v) is 5.66. The lowest BCUT2D eigenvalue weighted by Crippen LogP contribution is -2.17. The largest absolute Gasteiger partial charge is 0.489 e. The summed E-state index contributed by atoms with van der Waals surface area (Å²) in [6, 6.07) is 24.6. The molecule has 0 bridgehead atoms. The van der Waals surface area contributed by atoms with Gasteiger partial charge in [0.1, 0.15) is 18.1 Å². The molecule has 0 radical (unpaired) electrons. The smallest absolute Gasteiger partial charge is 0.289 e. The summed E-state index contributed by atoms with van der Waals surface area (Å²) in [4.78, 5) is 15.7. The van der Waals surface area contributed by atoms with Gasteiger partial charge in [0, 0.05) is 38.8 Å². The van der Waals surface area contributed by atoms with Crippen LogP contribution in [-0.2, 0) is 6.61 Å². The van der Waals surface area contributed by atoms with Crippen LogP contribution >= 0.6 is 11.6 Å². The second-order valence-corrected chi connectivity index (χ2v) is 7.97. The Morgan fingerprint density at radius 3 is 2.82 bits per heavy atom. The van der Waals surface area contributed by atoms with Gasteiger partial charge in [-0.3, -0.25) is 9.89 Å². The molecule has 0 saturated heterocycles. The lowest BCUT2D eigenvalue weighted by Gasteiger charge is -2.08. The maximum absolute atomic E-state index is 12.5. The zero-order valence-electron chi connectivity index (χ0n) is 18.0. The molecule has 3 aromatic carbocycles. The normalized spacial score (nSPS) is 11.2. The lowest BCUT2D eigenvalue weighted by molar-refractivity contribution is 0.0950. The van der Waals surface area contributed by atoms with Gasteiger partial charge in [-0.05, 0) is 30.3 Å². The Hall–Kier alpha value is -4.36. The molecule has 2 heterocycles. The second-order valence-electron chi connectivity index (χ2n) is 7.56. The minimum Gasteiger partial charge on any atom is -0.489 e. The van der Waals surface area contributed by atoms with Gasteiger partial charge in [-0.15, -0.1) is 0 Å². The topological polar surface area (TPSA) is 95.2 Å². The van der Waals surface area contributed by atoms with Gasteiger partial charge in [0.25, 0.3) is 5.91 Å². The molecular formula is C26H20ClN5O2. The Balaban J connectivity index is 1.24. The van der Waals surface area contributed by atoms with Crippen LogP contribution in [0.15, 0.2) is 90.2 Å². The van der Waals surface area contributed by atoms with Gasteiger partial charge in [-0.2, -0.15) is 10.2 Å². The van der Waals surface area contributed by atoms with Crippen molar-refractivity contribution in [2.75, 3.05) is 0 Å². The van der Waals surface area contributed by atoms with E-state index in [1.807, 2.05) is 79.0 Å². The quantitative estimate of drug-likeness (QED) is 0.215. The van der Waals surface area contributed by atoms with E-state index in [0.717, 1.165) is 27.6 Å². The summed E-state index contributed by atoms with van der Waals surface area (Å²) < 4.78 is 5.88. The fraction of sp³-hybridized carbons (Fsp3) is 0.0385. The number of nitrogens with one attached hydrogen (secondary N) is 3. The number of carbonyl (C=O) groups is 1. The van der Waals surface area contributed by atoms with E-state index < -0.39 is 0 Å². The highest BCUT2D eigenvalue weighted by Gasteiger charge is 2.11. The number of hydrazone groups is 1. The zero-order chi connectivity index (χ0) is 23.3. The number of carbonyl (C=O) groups excluding carboxylic acids is 1. The molecule has 0 atom stereocenters. The van der Waals surface area contributed by atoms with Crippen molar-refractivity contribution in [3.8, 4) is 17.0 Å². The number of aromatic amines is 2. The molecule has 34 heavy (non-hydrogen) atoms. The van der Waals surface area contributed by atoms with Crippen LogP contribution < -0.4 is 10.2 Å². The molecule has 0 saturated carbocycles. The number of hydrogen-bond donors (Lipinski definition) is 3. The fourth-order valence-electron chi connectivity index (χ4n) is 3.53. The summed E-state index contributed by atoms with van der Waals surface area (Å²) >= 11 is 6.20. The maximum Gasteiger partial charge on any atom is 0.289 e. The van der Waals surface area contributed by atoms with Crippen molar-refractivity contribution in [3.63, 3.8) is 0 Å². The van der Waals surface area contributed by atoms with Crippen LogP contribution in [0.2, 0.25) is 5.02 Å². The summed E-state index contributed by atoms with van der Waals surface area (Å²) in [6.07, 6.45) is 3.45. The molecule has 0 unspecified atom stereocenters. The Bertz CT molecular complexity index is 1490. The summed E-state index contributed by atoms with van der Waals surface area (Å²) in [7, 11) is 0. The molecule has 8 heteroatoms. The van der Waals surface area contributed by atoms with Crippen molar-refractivity contribution in [3.05, 3.63) is 107 Å². The van der Waals surface area contributed by atoms with Crippen LogP contribution in [0, 0.1) is 0 Å². The molecular weight excluding hydrogens is 450 g/mol. The van der Waals surface area contributed by atoms with E-state index in [9.17, 15) is 4.79 Å². The number of fused-ring (bicyclic) bond motifs is 1. The average Bonchev–Trinajstić information content (AvgIpc) is 3.52. The van der Waals surface area contributed by atoms with Gasteiger partial charge < -0.3 is 9.72 Å². The third kappa shape index (κ3) is 4.69. The summed E-state index contributed by atoms with van der Waals surface area (Å²) in [5.41, 5.74) is 7.06. The monoisotopic (exact) mass is 469 g/mol. The molecule has 5 rings (SSSR count). The average molecular weight is 470 g/mol. The predicted octanol–water partition coefficient (Wildman–Crippen LogP) is 5.55. The van der Waals surface area contributed by atoms with Gasteiger partial charge >= 0.3 is 0 Å². The number of halogens is 1. The molecule has 0 aliphatic carbocycles. The standard InChI is InChI=1S/C26H20ClN5O2/c27-22-10-3-1-6-18(22)16-34-20-8-5-7-17(12-20)24-13-25(31-30-24)26(33)32-29-15-19-14-28-23-11-4-2-9-21(19)23/h1-15,28H,16H2,(H,30,31)(H,32,33)/b29-15-. The van der Waals surface area contributed by atoms with Crippen molar-refractivity contribution < 1.29 is 9.53 Å². The minimum atomic E-state index is -0.388. The van der Waals surface area contributed by atoms with E-state index in [1.54, 1.807) is 12.3 Å². The van der Waals surface area contributed by atoms with Crippen LogP contribution in [0.25, 0.3) is 22.2 Å². The van der Waals surface area contributed by atoms with Gasteiger partial charge in [-0.25, -0.2) is 5.43 Å². The SMILES string of the molecule is O=C(N/N=C\c1c[nH]c2ccccc12)c1cc(-c2cccc(OCc3ccccc3Cl)c2)n[nH]1. The number of H-pyrrole nitrogens is 2. The van der Waals surface area contributed by atoms with Crippen LogP contribution in [-0.4, -0.2) is 27.3 Å². The van der Waals surface area contributed by atoms with E-state index in [-0.39, 0.29) is 5.91 Å². The van der Waals surface area contributed by atoms with Crippen molar-refractivity contribution in [1.82, 2.24) is 20.6 Å². The van der Waals surface area contributed by atoms with Crippen molar-refractivity contribution in [2.45, 2.75) is 6.61 Å². The molecule has 0 aliphatic rings. The molecule has 1 amide bonds. The fourth-order valence-corrected chi connectivity index (χ4v) is 3.72. The number of ether oxygens (including phenoxy) is 1. The Morgan fingerprint density at radius 1 is 1.06 bits per heavy atom. The first-order chi connectivity index (χ1) is 16.7. The van der Waals surface area contributed by atoms with Crippen LogP contribution in [0.5, 0.6) is 5.75 Å². The number of benzene rings is 3. The zero-order valence-corrected chi connectivity index (χ0v) is 18.7. The third-order valence-electron chi connectivity index (χ3n) is 5.30. The van der Waals surface area contributed by atoms with Gasteiger partial charge in [0.2, 0.25) is 0 Å². The molecule has 0 fully saturated rings. The number of para-hydroxylation sites is 1. The molecule has 168 valence electrons. The maximum atomic E-state index is 12.5. The summed E-state index contributed by atoms with van der Waals surface area (Å²) in [5, 5.41) is 12.8. The Kier molecular flexibility index (Phi) is 6.09. The lowest BCUT2D eigenvalue weighted by atomic mass is 10.1. The highest BCUT2D eigenvalue weighted by Crippen LogP contribution is 2.24. The molecule has 2 aromatic heterocycles. The second kappa shape index (κ2) is 9.64. The van der Waals surface area contributed by atoms with E-state index >= 15 is 0 Å². The summed E-state index contributed by atoms with van der Waals surface area (Å²) in [5.74, 6) is 0.288. The van der Waals surface area contributed by atoms with Gasteiger partial charge in [0.05, 0.1) is 11.9 Å². The number of aromatic nitrogens is 3. The first-order valence-corrected chi connectivity index (χ1v) is 11.0. The van der Waals surface area contributed by atoms with Crippen LogP contribution in [0.3, 0.4) is 0 Å². The van der Waals surface area contributed by atoms with E-state index in [4.69, 9.17) is 16.3 Å². The van der Waals surface area contributed by atoms with E-state index in [1.165, 1.54) is 0 Å². The highest BCUT2D eigenvalue weighted by molar-refractivity contribution is 6.31. The number of amides is 1. The van der Waals surface area contributed by atoms with Crippen molar-refractivity contribution >= 4 is 34.6 Å². The van der Waals surface area contributed by atoms with Crippen molar-refractivity contribution in [1.29, 1.82) is 0 Å². The van der Waals surface area contributed by atoms with Crippen LogP contribution in [0.1, 0.15) is 21.6 Å². The predicted molar refractivity (Wildman–Crippen MR) is 133 cm³/mol. The first kappa shape index (κ1) is 21.5. The molecule has 3 N–H and O–H groups in total. The molecule has 0 aliphatic heterocycles. The Morgan fingerprint density at radius 2 is 1.91 bits per heavy atom. The first-order valence-electron chi connectivity index (χ1n) is 10.6. The van der Waals surface area contributed by atoms with Crippen LogP contribution in [0.4, 0.5) is 0 Å². The van der Waals surface area contributed by atoms with Crippen molar-refractivity contribution in [2.24, 2.45) is 5.10 Å². The molecule has 7 nitrogen and oxygen atoms in total. The number of rotatable bonds is 7. The Labute approximate surface area is 200 Å².